The van der Waals surface area contributed by atoms with Crippen molar-refractivity contribution in [3.63, 3.8) is 0 Å². The molecule has 3 aromatic rings. The molecule has 4 N–H and O–H groups in total. The molecule has 0 amide bonds. The average Bonchev–Trinajstić information content (AvgIpc) is 3.80. The normalized spacial score (nSPS) is 23.7. The maximum absolute atomic E-state index is 14.6. The molecular weight excluding hydrogens is 552 g/mol. The Balaban J connectivity index is 0.00000101. The SMILES string of the molecule is C1CC1.CC1CC(CCN)CN(c2ncc(Cl)c(Nc3ccc4c(c3)c3c(c(=O)n4C)OCC(F)(P)CN3)n2)C1. The van der Waals surface area contributed by atoms with E-state index in [0.29, 0.717) is 57.4 Å². The highest BCUT2D eigenvalue weighted by molar-refractivity contribution is 7.18. The topological polar surface area (TPSA) is 110 Å². The zero-order valence-corrected chi connectivity index (χ0v) is 25.0. The van der Waals surface area contributed by atoms with Gasteiger partial charge in [-0.05, 0) is 49.4 Å². The predicted molar refractivity (Wildman–Crippen MR) is 164 cm³/mol. The molecule has 1 aliphatic carbocycles. The Bertz CT molecular complexity index is 1430. The quantitative estimate of drug-likeness (QED) is 0.355. The van der Waals surface area contributed by atoms with Gasteiger partial charge in [0.25, 0.3) is 5.56 Å². The lowest BCUT2D eigenvalue weighted by Crippen LogP contribution is -2.41. The highest BCUT2D eigenvalue weighted by Gasteiger charge is 2.31. The standard InChI is InChI=1S/C25H32ClFN7O2P.C3H6/c1-14-7-15(5-6-28)11-34(10-14)24-29-9-18(26)22(32-24)31-16-3-4-19-17(8-16)20-21(23(35)33(19)2)36-13-25(27,37)12-30-20;1-2-3-1/h3-4,8-9,14-15,30H,5-7,10-13,28,37H2,1-2H3,(H,29,31,32);1-3H2. The first kappa shape index (κ1) is 28.8. The number of rotatable bonds is 5. The van der Waals surface area contributed by atoms with Crippen LogP contribution in [0.25, 0.3) is 10.9 Å². The number of aryl methyl sites for hydroxylation is 1. The highest BCUT2D eigenvalue weighted by Crippen LogP contribution is 2.37. The van der Waals surface area contributed by atoms with Crippen molar-refractivity contribution in [1.82, 2.24) is 14.5 Å². The van der Waals surface area contributed by atoms with E-state index in [2.05, 4.69) is 36.7 Å². The third-order valence-electron chi connectivity index (χ3n) is 7.32. The fourth-order valence-corrected chi connectivity index (χ4v) is 5.53. The number of ether oxygens (including phenoxy) is 1. The number of fused-ring (bicyclic) bond motifs is 3. The van der Waals surface area contributed by atoms with Crippen LogP contribution in [0, 0.1) is 11.8 Å². The first-order valence-electron chi connectivity index (χ1n) is 13.9. The van der Waals surface area contributed by atoms with Crippen molar-refractivity contribution in [2.24, 2.45) is 24.6 Å². The van der Waals surface area contributed by atoms with Crippen LogP contribution >= 0.6 is 20.8 Å². The lowest BCUT2D eigenvalue weighted by molar-refractivity contribution is 0.182. The van der Waals surface area contributed by atoms with E-state index in [9.17, 15) is 9.18 Å². The summed E-state index contributed by atoms with van der Waals surface area (Å²) in [6.45, 7) is 4.38. The van der Waals surface area contributed by atoms with Crippen molar-refractivity contribution < 1.29 is 9.13 Å². The minimum absolute atomic E-state index is 0.00883. The van der Waals surface area contributed by atoms with E-state index in [1.165, 1.54) is 23.8 Å². The molecule has 2 fully saturated rings. The molecule has 0 bridgehead atoms. The summed E-state index contributed by atoms with van der Waals surface area (Å²) in [4.78, 5) is 24.3. The van der Waals surface area contributed by atoms with Crippen LogP contribution in [0.2, 0.25) is 5.02 Å². The summed E-state index contributed by atoms with van der Waals surface area (Å²) in [5.74, 6) is 2.22. The zero-order valence-electron chi connectivity index (χ0n) is 23.1. The number of nitrogens with two attached hydrogens (primary N) is 1. The van der Waals surface area contributed by atoms with E-state index in [4.69, 9.17) is 27.1 Å². The number of nitrogens with one attached hydrogen (secondary N) is 2. The first-order valence-corrected chi connectivity index (χ1v) is 14.9. The van der Waals surface area contributed by atoms with Crippen LogP contribution in [-0.2, 0) is 7.05 Å². The molecule has 40 heavy (non-hydrogen) atoms. The zero-order chi connectivity index (χ0) is 28.4. The van der Waals surface area contributed by atoms with Crippen LogP contribution in [0.15, 0.2) is 29.2 Å². The summed E-state index contributed by atoms with van der Waals surface area (Å²) < 4.78 is 21.7. The average molecular weight is 590 g/mol. The van der Waals surface area contributed by atoms with Gasteiger partial charge in [-0.2, -0.15) is 4.98 Å². The number of halogens is 2. The smallest absolute Gasteiger partial charge is 0.295 e. The molecule has 4 atom stereocenters. The molecule has 1 aromatic carbocycles. The summed E-state index contributed by atoms with van der Waals surface area (Å²) in [7, 11) is 3.81. The second-order valence-electron chi connectivity index (χ2n) is 11.2. The molecule has 6 rings (SSSR count). The number of benzene rings is 1. The van der Waals surface area contributed by atoms with Crippen LogP contribution in [0.1, 0.15) is 39.0 Å². The second-order valence-corrected chi connectivity index (χ2v) is 12.7. The molecule has 1 saturated heterocycles. The van der Waals surface area contributed by atoms with Crippen molar-refractivity contribution in [2.75, 3.05) is 48.3 Å². The Morgan fingerprint density at radius 3 is 2.83 bits per heavy atom. The van der Waals surface area contributed by atoms with Crippen molar-refractivity contribution >= 4 is 54.9 Å². The third kappa shape index (κ3) is 6.61. The van der Waals surface area contributed by atoms with Gasteiger partial charge < -0.3 is 30.6 Å². The van der Waals surface area contributed by atoms with Crippen LogP contribution in [-0.4, -0.2) is 52.7 Å². The predicted octanol–water partition coefficient (Wildman–Crippen LogP) is 5.05. The highest BCUT2D eigenvalue weighted by atomic mass is 35.5. The fourth-order valence-electron chi connectivity index (χ4n) is 5.21. The van der Waals surface area contributed by atoms with Gasteiger partial charge >= 0.3 is 0 Å². The van der Waals surface area contributed by atoms with E-state index >= 15 is 0 Å². The van der Waals surface area contributed by atoms with E-state index in [1.807, 2.05) is 18.2 Å². The molecule has 2 aliphatic heterocycles. The Morgan fingerprint density at radius 2 is 2.10 bits per heavy atom. The van der Waals surface area contributed by atoms with Crippen molar-refractivity contribution in [2.45, 2.75) is 44.4 Å². The Morgan fingerprint density at radius 1 is 1.32 bits per heavy atom. The summed E-state index contributed by atoms with van der Waals surface area (Å²) in [6.07, 6.45) is 8.23. The maximum Gasteiger partial charge on any atom is 0.295 e. The van der Waals surface area contributed by atoms with E-state index in [-0.39, 0.29) is 24.5 Å². The number of pyridine rings is 1. The summed E-state index contributed by atoms with van der Waals surface area (Å²) in [5.41, 5.74) is 7.34. The molecule has 2 aromatic heterocycles. The molecule has 3 aliphatic rings. The van der Waals surface area contributed by atoms with E-state index in [0.717, 1.165) is 25.9 Å². The Labute approximate surface area is 241 Å². The van der Waals surface area contributed by atoms with Crippen LogP contribution in [0.4, 0.5) is 27.5 Å². The van der Waals surface area contributed by atoms with E-state index < -0.39 is 5.41 Å². The van der Waals surface area contributed by atoms with Gasteiger partial charge in [0.2, 0.25) is 11.7 Å². The molecule has 216 valence electrons. The minimum atomic E-state index is -1.69. The van der Waals surface area contributed by atoms with Crippen LogP contribution in [0.3, 0.4) is 0 Å². The second kappa shape index (κ2) is 12.0. The molecule has 0 radical (unpaired) electrons. The van der Waals surface area contributed by atoms with Gasteiger partial charge in [-0.25, -0.2) is 9.37 Å². The lowest BCUT2D eigenvalue weighted by atomic mass is 9.88. The van der Waals surface area contributed by atoms with Gasteiger partial charge in [-0.15, -0.1) is 0 Å². The van der Waals surface area contributed by atoms with Gasteiger partial charge in [0.1, 0.15) is 11.6 Å². The molecular formula is C28H38ClFN7O2P. The summed E-state index contributed by atoms with van der Waals surface area (Å²) in [5, 5.41) is 5.78. The molecule has 0 spiro atoms. The van der Waals surface area contributed by atoms with Crippen LogP contribution < -0.4 is 31.6 Å². The Kier molecular flexibility index (Phi) is 8.69. The number of hydrogen-bond acceptors (Lipinski definition) is 8. The van der Waals surface area contributed by atoms with Gasteiger partial charge in [-0.3, -0.25) is 4.79 Å². The fraction of sp³-hybridized carbons (Fsp3) is 0.536. The first-order chi connectivity index (χ1) is 19.1. The maximum atomic E-state index is 14.6. The minimum Gasteiger partial charge on any atom is -0.482 e. The summed E-state index contributed by atoms with van der Waals surface area (Å²) in [6, 6.07) is 5.55. The van der Waals surface area contributed by atoms with Gasteiger partial charge in [-0.1, -0.05) is 47.0 Å². The number of anilines is 4. The number of hydrogen-bond donors (Lipinski definition) is 3. The monoisotopic (exact) mass is 589 g/mol. The van der Waals surface area contributed by atoms with Crippen LogP contribution in [0.5, 0.6) is 5.75 Å². The van der Waals surface area contributed by atoms with Crippen molar-refractivity contribution in [1.29, 1.82) is 0 Å². The number of nitrogens with zero attached hydrogens (tertiary/aromatic N) is 4. The largest absolute Gasteiger partial charge is 0.482 e. The lowest BCUT2D eigenvalue weighted by Gasteiger charge is -2.36. The van der Waals surface area contributed by atoms with Gasteiger partial charge in [0, 0.05) is 31.2 Å². The van der Waals surface area contributed by atoms with Gasteiger partial charge in [0.05, 0.1) is 23.9 Å². The molecule has 1 saturated carbocycles. The molecule has 4 unspecified atom stereocenters. The number of aromatic nitrogens is 3. The van der Waals surface area contributed by atoms with Gasteiger partial charge in [0.15, 0.2) is 11.2 Å². The van der Waals surface area contributed by atoms with E-state index in [1.54, 1.807) is 13.2 Å². The third-order valence-corrected chi connectivity index (χ3v) is 7.97. The Hall–Kier alpha value is -2.68. The number of piperidine rings is 1. The molecule has 4 heterocycles. The summed E-state index contributed by atoms with van der Waals surface area (Å²) >= 11 is 6.48. The van der Waals surface area contributed by atoms with Crippen molar-refractivity contribution in [3.05, 3.63) is 39.8 Å². The molecule has 9 nitrogen and oxygen atoms in total. The van der Waals surface area contributed by atoms with Crippen molar-refractivity contribution in [3.8, 4) is 5.75 Å². The number of alkyl halides is 1. The molecule has 12 heteroatoms.